The number of hydrogen-bond acceptors (Lipinski definition) is 0. The Morgan fingerprint density at radius 2 is 1.13 bits per heavy atom. The van der Waals surface area contributed by atoms with Gasteiger partial charge in [0.15, 0.2) is 0 Å². The van der Waals surface area contributed by atoms with Gasteiger partial charge in [0.1, 0.15) is 10.6 Å². The molecule has 0 amide bonds. The summed E-state index contributed by atoms with van der Waals surface area (Å²) in [5.41, 5.74) is 3.00. The van der Waals surface area contributed by atoms with Crippen LogP contribution in [0.25, 0.3) is 11.1 Å². The van der Waals surface area contributed by atoms with Gasteiger partial charge in [0.05, 0.1) is 20.1 Å². The van der Waals surface area contributed by atoms with Crippen molar-refractivity contribution >= 4 is 17.9 Å². The molecule has 0 unspecified atom stereocenters. The lowest BCUT2D eigenvalue weighted by atomic mass is 10.1. The minimum atomic E-state index is -1.16. The summed E-state index contributed by atoms with van der Waals surface area (Å²) in [6.07, 6.45) is 11.2. The molecular weight excluding hydrogens is 295 g/mol. The molecule has 2 aromatic carbocycles. The quantitative estimate of drug-likeness (QED) is 0.411. The Kier molecular flexibility index (Phi) is 5.54. The van der Waals surface area contributed by atoms with E-state index in [-0.39, 0.29) is 0 Å². The maximum absolute atomic E-state index is 2.56. The second-order valence-corrected chi connectivity index (χ2v) is 10.9. The average Bonchev–Trinajstić information content (AvgIpc) is 2.85. The highest BCUT2D eigenvalue weighted by Crippen LogP contribution is 2.60. The van der Waals surface area contributed by atoms with Crippen LogP contribution in [0.3, 0.4) is 0 Å². The molecule has 1 aliphatic heterocycles. The number of hydrogen-bond donors (Lipinski definition) is 0. The molecular formula is C22H30P+. The van der Waals surface area contributed by atoms with Crippen molar-refractivity contribution in [2.75, 3.05) is 12.8 Å². The molecule has 0 bridgehead atoms. The van der Waals surface area contributed by atoms with E-state index in [9.17, 15) is 0 Å². The highest BCUT2D eigenvalue weighted by atomic mass is 31.2. The van der Waals surface area contributed by atoms with Crippen LogP contribution in [0.15, 0.2) is 48.5 Å². The molecule has 3 rings (SSSR count). The van der Waals surface area contributed by atoms with E-state index in [4.69, 9.17) is 0 Å². The third-order valence-electron chi connectivity index (χ3n) is 5.37. The molecule has 0 aliphatic carbocycles. The summed E-state index contributed by atoms with van der Waals surface area (Å²) in [6, 6.07) is 18.3. The topological polar surface area (TPSA) is 0 Å². The molecule has 0 N–H and O–H groups in total. The van der Waals surface area contributed by atoms with E-state index in [0.29, 0.717) is 0 Å². The zero-order valence-corrected chi connectivity index (χ0v) is 15.6. The number of benzene rings is 2. The van der Waals surface area contributed by atoms with Crippen LogP contribution in [-0.4, -0.2) is 12.8 Å². The molecule has 1 heterocycles. The molecule has 2 aromatic rings. The van der Waals surface area contributed by atoms with E-state index in [1.807, 2.05) is 0 Å². The van der Waals surface area contributed by atoms with Crippen LogP contribution < -0.4 is 10.6 Å². The van der Waals surface area contributed by atoms with Gasteiger partial charge in [-0.25, -0.2) is 0 Å². The highest BCUT2D eigenvalue weighted by Gasteiger charge is 2.46. The first-order valence-electron chi connectivity index (χ1n) is 9.32. The van der Waals surface area contributed by atoms with Crippen molar-refractivity contribution < 1.29 is 0 Å². The van der Waals surface area contributed by atoms with E-state index in [0.717, 1.165) is 0 Å². The molecule has 0 radical (unpaired) electrons. The van der Waals surface area contributed by atoms with Gasteiger partial charge in [-0.05, 0) is 25.0 Å². The molecule has 1 heteroatoms. The minimum Gasteiger partial charge on any atom is -0.0654 e. The van der Waals surface area contributed by atoms with Crippen molar-refractivity contribution in [2.24, 2.45) is 0 Å². The molecule has 0 atom stereocenters. The summed E-state index contributed by atoms with van der Waals surface area (Å²) in [5, 5.41) is 3.29. The fourth-order valence-corrected chi connectivity index (χ4v) is 7.90. The molecule has 122 valence electrons. The predicted molar refractivity (Wildman–Crippen MR) is 107 cm³/mol. The Labute approximate surface area is 142 Å². The summed E-state index contributed by atoms with van der Waals surface area (Å²) >= 11 is 0. The maximum atomic E-state index is 2.56. The van der Waals surface area contributed by atoms with Gasteiger partial charge in [-0.3, -0.25) is 0 Å². The second kappa shape index (κ2) is 7.63. The van der Waals surface area contributed by atoms with Crippen molar-refractivity contribution in [3.8, 4) is 11.1 Å². The first kappa shape index (κ1) is 16.7. The smallest absolute Gasteiger partial charge is 0.0654 e. The second-order valence-electron chi connectivity index (χ2n) is 7.07. The summed E-state index contributed by atoms with van der Waals surface area (Å²) in [7, 11) is -1.16. The molecule has 0 saturated heterocycles. The maximum Gasteiger partial charge on any atom is 0.107 e. The Hall–Kier alpha value is -1.13. The highest BCUT2D eigenvalue weighted by molar-refractivity contribution is 7.90. The monoisotopic (exact) mass is 325 g/mol. The molecule has 1 aliphatic rings. The lowest BCUT2D eigenvalue weighted by Crippen LogP contribution is -2.19. The van der Waals surface area contributed by atoms with Crippen molar-refractivity contribution in [1.29, 1.82) is 0 Å². The van der Waals surface area contributed by atoms with Gasteiger partial charge in [-0.2, -0.15) is 0 Å². The Morgan fingerprint density at radius 3 is 1.70 bits per heavy atom. The van der Waals surface area contributed by atoms with Crippen molar-refractivity contribution in [3.05, 3.63) is 48.5 Å². The molecule has 0 nitrogen and oxygen atoms in total. The third-order valence-corrected chi connectivity index (χ3v) is 9.49. The van der Waals surface area contributed by atoms with E-state index >= 15 is 0 Å². The Morgan fingerprint density at radius 1 is 0.652 bits per heavy atom. The van der Waals surface area contributed by atoms with Crippen LogP contribution in [0.5, 0.6) is 0 Å². The summed E-state index contributed by atoms with van der Waals surface area (Å²) in [4.78, 5) is 0. The largest absolute Gasteiger partial charge is 0.107 e. The summed E-state index contributed by atoms with van der Waals surface area (Å²) < 4.78 is 0. The SMILES string of the molecule is CCCCCCCCC[P+]1(C)c2ccccc2-c2ccccc21. The lowest BCUT2D eigenvalue weighted by Gasteiger charge is -2.19. The third kappa shape index (κ3) is 3.38. The predicted octanol–water partition coefficient (Wildman–Crippen LogP) is 6.02. The molecule has 0 aromatic heterocycles. The van der Waals surface area contributed by atoms with E-state index in [2.05, 4.69) is 62.1 Å². The van der Waals surface area contributed by atoms with Crippen LogP contribution in [0.4, 0.5) is 0 Å². The zero-order valence-electron chi connectivity index (χ0n) is 14.7. The average molecular weight is 325 g/mol. The van der Waals surface area contributed by atoms with Crippen LogP contribution in [0.1, 0.15) is 51.9 Å². The van der Waals surface area contributed by atoms with E-state index in [1.165, 1.54) is 62.2 Å². The standard InChI is InChI=1S/C22H30P/c1-3-4-5-6-7-8-13-18-23(2)21-16-11-9-14-19(21)20-15-10-12-17-22(20)23/h9-12,14-17H,3-8,13,18H2,1-2H3/q+1. The van der Waals surface area contributed by atoms with Gasteiger partial charge in [-0.1, -0.05) is 75.4 Å². The zero-order chi connectivity index (χ0) is 16.1. The van der Waals surface area contributed by atoms with Gasteiger partial charge in [-0.15, -0.1) is 0 Å². The van der Waals surface area contributed by atoms with Crippen molar-refractivity contribution in [1.82, 2.24) is 0 Å². The normalized spacial score (nSPS) is 14.5. The van der Waals surface area contributed by atoms with Gasteiger partial charge in [0, 0.05) is 11.1 Å². The number of rotatable bonds is 8. The van der Waals surface area contributed by atoms with Gasteiger partial charge >= 0.3 is 0 Å². The Bertz CT molecular complexity index is 598. The van der Waals surface area contributed by atoms with Gasteiger partial charge in [0.2, 0.25) is 0 Å². The molecule has 0 saturated carbocycles. The molecule has 0 fully saturated rings. The van der Waals surface area contributed by atoms with E-state index in [1.54, 1.807) is 10.6 Å². The van der Waals surface area contributed by atoms with Crippen molar-refractivity contribution in [3.63, 3.8) is 0 Å². The fraction of sp³-hybridized carbons (Fsp3) is 0.455. The van der Waals surface area contributed by atoms with Gasteiger partial charge < -0.3 is 0 Å². The fourth-order valence-electron chi connectivity index (χ4n) is 4.02. The minimum absolute atomic E-state index is 1.16. The Balaban J connectivity index is 1.68. The van der Waals surface area contributed by atoms with E-state index < -0.39 is 7.26 Å². The van der Waals surface area contributed by atoms with Crippen LogP contribution >= 0.6 is 7.26 Å². The molecule has 23 heavy (non-hydrogen) atoms. The molecule has 0 spiro atoms. The van der Waals surface area contributed by atoms with Crippen LogP contribution in [0, 0.1) is 0 Å². The lowest BCUT2D eigenvalue weighted by molar-refractivity contribution is 0.603. The van der Waals surface area contributed by atoms with Crippen LogP contribution in [0.2, 0.25) is 0 Å². The van der Waals surface area contributed by atoms with Crippen LogP contribution in [-0.2, 0) is 0 Å². The van der Waals surface area contributed by atoms with Gasteiger partial charge in [0.25, 0.3) is 0 Å². The number of unbranched alkanes of at least 4 members (excludes halogenated alkanes) is 6. The summed E-state index contributed by atoms with van der Waals surface area (Å²) in [6.45, 7) is 4.86. The summed E-state index contributed by atoms with van der Waals surface area (Å²) in [5.74, 6) is 0. The first-order chi connectivity index (χ1) is 11.3. The first-order valence-corrected chi connectivity index (χ1v) is 11.7. The van der Waals surface area contributed by atoms with Crippen molar-refractivity contribution in [2.45, 2.75) is 51.9 Å². The number of fused-ring (bicyclic) bond motifs is 3.